The number of piperazine rings is 1. The number of amides is 2. The number of hydrogen-bond donors (Lipinski definition) is 0. The maximum Gasteiger partial charge on any atom is 0.260 e. The Kier molecular flexibility index (Phi) is 6.58. The van der Waals surface area contributed by atoms with Gasteiger partial charge in [-0.05, 0) is 29.8 Å². The van der Waals surface area contributed by atoms with Gasteiger partial charge >= 0.3 is 0 Å². The lowest BCUT2D eigenvalue weighted by molar-refractivity contribution is -0.140. The van der Waals surface area contributed by atoms with Crippen molar-refractivity contribution in [3.05, 3.63) is 64.1 Å². The molecule has 142 valence electrons. The second-order valence-corrected chi connectivity index (χ2v) is 7.13. The maximum atomic E-state index is 12.4. The number of carbonyl (C=O) groups excluding carboxylic acids is 2. The van der Waals surface area contributed by atoms with Crippen LogP contribution in [0.15, 0.2) is 48.5 Å². The molecule has 1 heterocycles. The zero-order valence-corrected chi connectivity index (χ0v) is 16.2. The number of nitrogens with zero attached hydrogens (tertiary/aromatic N) is 2. The van der Waals surface area contributed by atoms with Gasteiger partial charge in [-0.1, -0.05) is 47.5 Å². The normalized spacial score (nSPS) is 14.1. The lowest BCUT2D eigenvalue weighted by atomic mass is 10.1. The second-order valence-electron chi connectivity index (χ2n) is 6.28. The molecule has 1 saturated heterocycles. The summed E-state index contributed by atoms with van der Waals surface area (Å²) in [5, 5.41) is 1.13. The van der Waals surface area contributed by atoms with Crippen LogP contribution in [0.2, 0.25) is 10.0 Å². The van der Waals surface area contributed by atoms with E-state index in [-0.39, 0.29) is 18.4 Å². The molecule has 7 heteroatoms. The van der Waals surface area contributed by atoms with Crippen LogP contribution in [0.4, 0.5) is 0 Å². The Hall–Kier alpha value is -2.24. The van der Waals surface area contributed by atoms with Crippen molar-refractivity contribution in [3.63, 3.8) is 0 Å². The molecule has 2 aromatic rings. The van der Waals surface area contributed by atoms with Crippen LogP contribution in [-0.2, 0) is 16.0 Å². The van der Waals surface area contributed by atoms with Crippen molar-refractivity contribution in [1.29, 1.82) is 0 Å². The first-order chi connectivity index (χ1) is 13.0. The predicted octanol–water partition coefficient (Wildman–Crippen LogP) is 3.29. The monoisotopic (exact) mass is 406 g/mol. The van der Waals surface area contributed by atoms with Crippen molar-refractivity contribution in [2.45, 2.75) is 6.42 Å². The second kappa shape index (κ2) is 9.11. The van der Waals surface area contributed by atoms with Crippen LogP contribution in [-0.4, -0.2) is 54.4 Å². The molecular weight excluding hydrogens is 387 g/mol. The van der Waals surface area contributed by atoms with E-state index in [2.05, 4.69) is 0 Å². The third kappa shape index (κ3) is 5.37. The quantitative estimate of drug-likeness (QED) is 0.765. The average Bonchev–Trinajstić information content (AvgIpc) is 2.69. The van der Waals surface area contributed by atoms with Crippen LogP contribution in [0, 0.1) is 0 Å². The molecule has 27 heavy (non-hydrogen) atoms. The molecule has 0 saturated carbocycles. The molecule has 1 aliphatic rings. The van der Waals surface area contributed by atoms with Crippen LogP contribution in [0.5, 0.6) is 5.75 Å². The van der Waals surface area contributed by atoms with E-state index in [0.717, 1.165) is 5.56 Å². The number of carbonyl (C=O) groups is 2. The Balaban J connectivity index is 1.45. The predicted molar refractivity (Wildman–Crippen MR) is 105 cm³/mol. The van der Waals surface area contributed by atoms with E-state index in [1.807, 2.05) is 12.1 Å². The van der Waals surface area contributed by atoms with Gasteiger partial charge in [0, 0.05) is 31.2 Å². The summed E-state index contributed by atoms with van der Waals surface area (Å²) < 4.78 is 5.50. The fraction of sp³-hybridized carbons (Fsp3) is 0.300. The first kappa shape index (κ1) is 19.5. The molecule has 0 aromatic heterocycles. The molecule has 0 aliphatic carbocycles. The van der Waals surface area contributed by atoms with Gasteiger partial charge in [0.25, 0.3) is 5.91 Å². The summed E-state index contributed by atoms with van der Waals surface area (Å²) in [4.78, 5) is 28.2. The van der Waals surface area contributed by atoms with Crippen molar-refractivity contribution in [2.75, 3.05) is 32.8 Å². The minimum atomic E-state index is -0.111. The summed E-state index contributed by atoms with van der Waals surface area (Å²) >= 11 is 11.9. The van der Waals surface area contributed by atoms with E-state index >= 15 is 0 Å². The molecule has 0 radical (unpaired) electrons. The minimum absolute atomic E-state index is 0.0525. The van der Waals surface area contributed by atoms with Gasteiger partial charge in [-0.15, -0.1) is 0 Å². The lowest BCUT2D eigenvalue weighted by Crippen LogP contribution is -2.52. The van der Waals surface area contributed by atoms with Gasteiger partial charge in [0.15, 0.2) is 6.61 Å². The Morgan fingerprint density at radius 1 is 0.852 bits per heavy atom. The summed E-state index contributed by atoms with van der Waals surface area (Å²) in [7, 11) is 0. The summed E-state index contributed by atoms with van der Waals surface area (Å²) in [5.74, 6) is 0.431. The van der Waals surface area contributed by atoms with E-state index in [1.165, 1.54) is 0 Å². The largest absolute Gasteiger partial charge is 0.482 e. The Bertz CT molecular complexity index is 803. The Morgan fingerprint density at radius 2 is 1.44 bits per heavy atom. The zero-order valence-electron chi connectivity index (χ0n) is 14.7. The highest BCUT2D eigenvalue weighted by atomic mass is 35.5. The van der Waals surface area contributed by atoms with Crippen molar-refractivity contribution in [3.8, 4) is 5.75 Å². The molecule has 0 bridgehead atoms. The number of benzene rings is 2. The third-order valence-corrected chi connectivity index (χ3v) is 5.01. The molecule has 0 spiro atoms. The number of rotatable bonds is 5. The number of ether oxygens (including phenoxy) is 1. The first-order valence-corrected chi connectivity index (χ1v) is 9.46. The molecule has 3 rings (SSSR count). The molecular formula is C20H20Cl2N2O3. The smallest absolute Gasteiger partial charge is 0.260 e. The van der Waals surface area contributed by atoms with Crippen LogP contribution >= 0.6 is 23.2 Å². The summed E-state index contributed by atoms with van der Waals surface area (Å²) in [6.07, 6.45) is 0.334. The Morgan fingerprint density at radius 3 is 2.07 bits per heavy atom. The topological polar surface area (TPSA) is 49.9 Å². The molecule has 5 nitrogen and oxygen atoms in total. The summed E-state index contributed by atoms with van der Waals surface area (Å²) in [5.41, 5.74) is 0.927. The van der Waals surface area contributed by atoms with Gasteiger partial charge in [0.1, 0.15) is 5.75 Å². The standard InChI is InChI=1S/C20H20Cl2N2O3/c21-16-7-5-15(6-8-16)13-19(25)23-9-11-24(12-10-23)20(26)14-27-18-4-2-1-3-17(18)22/h1-8H,9-14H2. The summed E-state index contributed by atoms with van der Waals surface area (Å²) in [6.45, 7) is 1.96. The molecule has 2 aromatic carbocycles. The number of para-hydroxylation sites is 1. The zero-order chi connectivity index (χ0) is 19.2. The SMILES string of the molecule is O=C(COc1ccccc1Cl)N1CCN(C(=O)Cc2ccc(Cl)cc2)CC1. The fourth-order valence-corrected chi connectivity index (χ4v) is 3.20. The van der Waals surface area contributed by atoms with Gasteiger partial charge < -0.3 is 14.5 Å². The van der Waals surface area contributed by atoms with Crippen LogP contribution in [0.25, 0.3) is 0 Å². The number of halogens is 2. The van der Waals surface area contributed by atoms with Crippen LogP contribution < -0.4 is 4.74 Å². The van der Waals surface area contributed by atoms with Gasteiger partial charge in [0.05, 0.1) is 11.4 Å². The molecule has 0 unspecified atom stereocenters. The highest BCUT2D eigenvalue weighted by Crippen LogP contribution is 2.23. The fourth-order valence-electron chi connectivity index (χ4n) is 2.89. The number of hydrogen-bond acceptors (Lipinski definition) is 3. The molecule has 1 fully saturated rings. The highest BCUT2D eigenvalue weighted by Gasteiger charge is 2.24. The van der Waals surface area contributed by atoms with Crippen LogP contribution in [0.3, 0.4) is 0 Å². The van der Waals surface area contributed by atoms with E-state index in [9.17, 15) is 9.59 Å². The summed E-state index contributed by atoms with van der Waals surface area (Å²) in [6, 6.07) is 14.3. The maximum absolute atomic E-state index is 12.4. The molecule has 0 N–H and O–H groups in total. The van der Waals surface area contributed by atoms with Gasteiger partial charge in [-0.2, -0.15) is 0 Å². The molecule has 2 amide bonds. The minimum Gasteiger partial charge on any atom is -0.482 e. The lowest BCUT2D eigenvalue weighted by Gasteiger charge is -2.34. The first-order valence-electron chi connectivity index (χ1n) is 8.70. The van der Waals surface area contributed by atoms with E-state index < -0.39 is 0 Å². The van der Waals surface area contributed by atoms with Crippen molar-refractivity contribution < 1.29 is 14.3 Å². The van der Waals surface area contributed by atoms with Crippen molar-refractivity contribution in [1.82, 2.24) is 9.80 Å². The third-order valence-electron chi connectivity index (χ3n) is 4.44. The van der Waals surface area contributed by atoms with Crippen LogP contribution in [0.1, 0.15) is 5.56 Å². The van der Waals surface area contributed by atoms with Gasteiger partial charge in [0.2, 0.25) is 5.91 Å². The van der Waals surface area contributed by atoms with Gasteiger partial charge in [-0.3, -0.25) is 9.59 Å². The van der Waals surface area contributed by atoms with Crippen molar-refractivity contribution in [2.24, 2.45) is 0 Å². The highest BCUT2D eigenvalue weighted by molar-refractivity contribution is 6.32. The van der Waals surface area contributed by atoms with E-state index in [1.54, 1.807) is 46.2 Å². The van der Waals surface area contributed by atoms with E-state index in [4.69, 9.17) is 27.9 Å². The molecule has 0 atom stereocenters. The average molecular weight is 407 g/mol. The van der Waals surface area contributed by atoms with Gasteiger partial charge in [-0.25, -0.2) is 0 Å². The Labute approximate surface area is 168 Å². The molecule has 1 aliphatic heterocycles. The van der Waals surface area contributed by atoms with E-state index in [0.29, 0.717) is 48.4 Å². The van der Waals surface area contributed by atoms with Crippen molar-refractivity contribution >= 4 is 35.0 Å².